The molecule has 2 rings (SSSR count). The molecule has 0 radical (unpaired) electrons. The molecule has 3 nitrogen and oxygen atoms in total. The third-order valence-corrected chi connectivity index (χ3v) is 2.19. The first-order valence-corrected chi connectivity index (χ1v) is 4.10. The van der Waals surface area contributed by atoms with Crippen molar-refractivity contribution in [1.29, 1.82) is 0 Å². The van der Waals surface area contributed by atoms with Crippen LogP contribution >= 0.6 is 11.5 Å². The molecule has 0 aliphatic heterocycles. The summed E-state index contributed by atoms with van der Waals surface area (Å²) in [5.74, 6) is 0.619. The van der Waals surface area contributed by atoms with Crippen LogP contribution in [0.4, 0.5) is 10.8 Å². The van der Waals surface area contributed by atoms with Gasteiger partial charge in [0, 0.05) is 12.1 Å². The van der Waals surface area contributed by atoms with Gasteiger partial charge < -0.3 is 11.1 Å². The van der Waals surface area contributed by atoms with Crippen LogP contribution in [0.2, 0.25) is 0 Å². The smallest absolute Gasteiger partial charge is 0.139 e. The second-order valence-corrected chi connectivity index (χ2v) is 3.34. The van der Waals surface area contributed by atoms with Crippen LogP contribution in [-0.4, -0.2) is 10.4 Å². The summed E-state index contributed by atoms with van der Waals surface area (Å²) in [6.07, 6.45) is 2.58. The third-order valence-electron chi connectivity index (χ3n) is 1.45. The average molecular weight is 155 g/mol. The predicted molar refractivity (Wildman–Crippen MR) is 43.2 cm³/mol. The van der Waals surface area contributed by atoms with Crippen molar-refractivity contribution in [3.05, 3.63) is 6.07 Å². The van der Waals surface area contributed by atoms with Crippen LogP contribution in [0.3, 0.4) is 0 Å². The molecule has 54 valence electrons. The van der Waals surface area contributed by atoms with Crippen molar-refractivity contribution in [2.75, 3.05) is 11.1 Å². The van der Waals surface area contributed by atoms with Crippen molar-refractivity contribution >= 4 is 22.4 Å². The highest BCUT2D eigenvalue weighted by Gasteiger charge is 2.21. The van der Waals surface area contributed by atoms with Gasteiger partial charge >= 0.3 is 0 Å². The fourth-order valence-electron chi connectivity index (χ4n) is 0.786. The first kappa shape index (κ1) is 5.97. The quantitative estimate of drug-likeness (QED) is 0.676. The number of nitrogen functional groups attached to an aromatic ring is 1. The number of nitrogens with zero attached hydrogens (tertiary/aromatic N) is 1. The van der Waals surface area contributed by atoms with Gasteiger partial charge in [-0.3, -0.25) is 0 Å². The Morgan fingerprint density at radius 3 is 3.00 bits per heavy atom. The summed E-state index contributed by atoms with van der Waals surface area (Å²) in [7, 11) is 0. The Hall–Kier alpha value is -0.770. The fraction of sp³-hybridized carbons (Fsp3) is 0.500. The second kappa shape index (κ2) is 2.12. The number of hydrogen-bond donors (Lipinski definition) is 2. The van der Waals surface area contributed by atoms with Gasteiger partial charge in [-0.05, 0) is 24.4 Å². The number of nitrogens with one attached hydrogen (secondary N) is 1. The van der Waals surface area contributed by atoms with Crippen LogP contribution in [0.5, 0.6) is 0 Å². The maximum atomic E-state index is 5.43. The van der Waals surface area contributed by atoms with Gasteiger partial charge in [0.05, 0.1) is 0 Å². The Balaban J connectivity index is 2.03. The highest BCUT2D eigenvalue weighted by Crippen LogP contribution is 2.27. The van der Waals surface area contributed by atoms with E-state index in [1.165, 1.54) is 24.4 Å². The van der Waals surface area contributed by atoms with E-state index in [0.29, 0.717) is 11.9 Å². The summed E-state index contributed by atoms with van der Waals surface area (Å²) in [6.45, 7) is 0. The number of aromatic nitrogens is 1. The summed E-state index contributed by atoms with van der Waals surface area (Å²) in [6, 6.07) is 2.57. The molecule has 0 aromatic carbocycles. The van der Waals surface area contributed by atoms with Crippen LogP contribution in [0.25, 0.3) is 0 Å². The van der Waals surface area contributed by atoms with E-state index in [2.05, 4.69) is 9.69 Å². The molecule has 1 fully saturated rings. The van der Waals surface area contributed by atoms with Gasteiger partial charge in [0.25, 0.3) is 0 Å². The molecule has 0 saturated heterocycles. The van der Waals surface area contributed by atoms with Gasteiger partial charge in [0.15, 0.2) is 0 Å². The topological polar surface area (TPSA) is 50.9 Å². The summed E-state index contributed by atoms with van der Waals surface area (Å²) in [4.78, 5) is 0. The Kier molecular flexibility index (Phi) is 1.27. The number of hydrogen-bond acceptors (Lipinski definition) is 4. The standard InChI is InChI=1S/C6H9N3S/c7-5-3-6(10-9-5)8-4-1-2-4/h3-4,8H,1-2H2,(H2,7,9). The van der Waals surface area contributed by atoms with E-state index in [-0.39, 0.29) is 0 Å². The lowest BCUT2D eigenvalue weighted by molar-refractivity contribution is 1.17. The van der Waals surface area contributed by atoms with E-state index in [4.69, 9.17) is 5.73 Å². The van der Waals surface area contributed by atoms with Gasteiger partial charge in [-0.15, -0.1) is 0 Å². The highest BCUT2D eigenvalue weighted by molar-refractivity contribution is 7.10. The Labute approximate surface area is 63.4 Å². The highest BCUT2D eigenvalue weighted by atomic mass is 32.1. The molecule has 1 heterocycles. The maximum Gasteiger partial charge on any atom is 0.139 e. The number of nitrogens with two attached hydrogens (primary N) is 1. The molecule has 0 spiro atoms. The number of rotatable bonds is 2. The van der Waals surface area contributed by atoms with Gasteiger partial charge in [-0.2, -0.15) is 4.37 Å². The zero-order chi connectivity index (χ0) is 6.97. The lowest BCUT2D eigenvalue weighted by Crippen LogP contribution is -1.97. The van der Waals surface area contributed by atoms with E-state index in [0.717, 1.165) is 5.00 Å². The lowest BCUT2D eigenvalue weighted by Gasteiger charge is -1.94. The Morgan fingerprint density at radius 2 is 2.50 bits per heavy atom. The molecular weight excluding hydrogens is 146 g/mol. The first-order chi connectivity index (χ1) is 4.84. The lowest BCUT2D eigenvalue weighted by atomic mass is 10.6. The van der Waals surface area contributed by atoms with E-state index < -0.39 is 0 Å². The average Bonchev–Trinajstić information content (AvgIpc) is 2.59. The predicted octanol–water partition coefficient (Wildman–Crippen LogP) is 1.30. The van der Waals surface area contributed by atoms with Crippen molar-refractivity contribution in [1.82, 2.24) is 4.37 Å². The Morgan fingerprint density at radius 1 is 1.70 bits per heavy atom. The maximum absolute atomic E-state index is 5.43. The van der Waals surface area contributed by atoms with E-state index in [9.17, 15) is 0 Å². The van der Waals surface area contributed by atoms with Gasteiger partial charge in [-0.25, -0.2) is 0 Å². The largest absolute Gasteiger partial charge is 0.383 e. The van der Waals surface area contributed by atoms with Crippen molar-refractivity contribution in [2.45, 2.75) is 18.9 Å². The molecular formula is C6H9N3S. The molecule has 1 aliphatic carbocycles. The van der Waals surface area contributed by atoms with Crippen LogP contribution in [0, 0.1) is 0 Å². The minimum absolute atomic E-state index is 0.619. The molecule has 0 unspecified atom stereocenters. The van der Waals surface area contributed by atoms with E-state index in [1.54, 1.807) is 0 Å². The summed E-state index contributed by atoms with van der Waals surface area (Å²) < 4.78 is 3.95. The van der Waals surface area contributed by atoms with Crippen LogP contribution in [-0.2, 0) is 0 Å². The van der Waals surface area contributed by atoms with Crippen LogP contribution in [0.15, 0.2) is 6.07 Å². The minimum atomic E-state index is 0.619. The normalized spacial score (nSPS) is 17.2. The van der Waals surface area contributed by atoms with E-state index >= 15 is 0 Å². The summed E-state index contributed by atoms with van der Waals surface area (Å²) in [5.41, 5.74) is 5.43. The zero-order valence-corrected chi connectivity index (χ0v) is 6.32. The van der Waals surface area contributed by atoms with Crippen molar-refractivity contribution in [3.8, 4) is 0 Å². The summed E-state index contributed by atoms with van der Waals surface area (Å²) >= 11 is 1.43. The van der Waals surface area contributed by atoms with Gasteiger partial charge in [0.1, 0.15) is 10.8 Å². The monoisotopic (exact) mass is 155 g/mol. The zero-order valence-electron chi connectivity index (χ0n) is 5.50. The first-order valence-electron chi connectivity index (χ1n) is 3.33. The fourth-order valence-corrected chi connectivity index (χ4v) is 1.44. The minimum Gasteiger partial charge on any atom is -0.383 e. The van der Waals surface area contributed by atoms with Crippen molar-refractivity contribution < 1.29 is 0 Å². The van der Waals surface area contributed by atoms with Crippen molar-refractivity contribution in [3.63, 3.8) is 0 Å². The van der Waals surface area contributed by atoms with Gasteiger partial charge in [-0.1, -0.05) is 0 Å². The second-order valence-electron chi connectivity index (χ2n) is 2.53. The van der Waals surface area contributed by atoms with Crippen LogP contribution < -0.4 is 11.1 Å². The molecule has 10 heavy (non-hydrogen) atoms. The van der Waals surface area contributed by atoms with Crippen LogP contribution in [0.1, 0.15) is 12.8 Å². The molecule has 0 bridgehead atoms. The molecule has 0 atom stereocenters. The molecule has 1 aromatic rings. The molecule has 1 saturated carbocycles. The van der Waals surface area contributed by atoms with Gasteiger partial charge in [0.2, 0.25) is 0 Å². The number of anilines is 2. The molecule has 0 amide bonds. The van der Waals surface area contributed by atoms with E-state index in [1.807, 2.05) is 6.07 Å². The SMILES string of the molecule is Nc1cc(NC2CC2)sn1. The Bertz CT molecular complexity index is 229. The third kappa shape index (κ3) is 1.21. The molecule has 1 aromatic heterocycles. The summed E-state index contributed by atoms with van der Waals surface area (Å²) in [5, 5.41) is 4.41. The molecule has 4 heteroatoms. The molecule has 3 N–H and O–H groups in total. The van der Waals surface area contributed by atoms with Crippen molar-refractivity contribution in [2.24, 2.45) is 0 Å². The molecule has 1 aliphatic rings.